The summed E-state index contributed by atoms with van der Waals surface area (Å²) in [6.07, 6.45) is 0. The van der Waals surface area contributed by atoms with Crippen LogP contribution in [0.2, 0.25) is 0 Å². The molecule has 17 heavy (non-hydrogen) atoms. The SMILES string of the molecule is [B]c1ccc(C(C(=O)OC)C(=O)OC)cc1C. The summed E-state index contributed by atoms with van der Waals surface area (Å²) >= 11 is 0. The molecule has 0 amide bonds. The standard InChI is InChI=1S/C12H13BO4/c1-7-6-8(4-5-9(7)13)10(11(14)16-2)12(15)17-3/h4-6,10H,1-3H3. The van der Waals surface area contributed by atoms with E-state index in [-0.39, 0.29) is 0 Å². The van der Waals surface area contributed by atoms with Crippen LogP contribution in [-0.2, 0) is 19.1 Å². The lowest BCUT2D eigenvalue weighted by Gasteiger charge is -2.14. The minimum atomic E-state index is -1.07. The van der Waals surface area contributed by atoms with E-state index in [2.05, 4.69) is 9.47 Å². The Bertz CT molecular complexity index is 426. The number of benzene rings is 1. The summed E-state index contributed by atoms with van der Waals surface area (Å²) in [7, 11) is 8.12. The Morgan fingerprint density at radius 2 is 1.71 bits per heavy atom. The third kappa shape index (κ3) is 2.87. The molecule has 0 aliphatic rings. The lowest BCUT2D eigenvalue weighted by atomic mass is 9.87. The predicted octanol–water partition coefficient (Wildman–Crippen LogP) is 0.218. The van der Waals surface area contributed by atoms with Gasteiger partial charge in [-0.05, 0) is 12.5 Å². The fraction of sp³-hybridized carbons (Fsp3) is 0.333. The first-order chi connectivity index (χ1) is 8.01. The summed E-state index contributed by atoms with van der Waals surface area (Å²) in [5.41, 5.74) is 1.90. The van der Waals surface area contributed by atoms with E-state index in [0.717, 1.165) is 5.56 Å². The predicted molar refractivity (Wildman–Crippen MR) is 63.3 cm³/mol. The fourth-order valence-electron chi connectivity index (χ4n) is 1.48. The largest absolute Gasteiger partial charge is 0.468 e. The van der Waals surface area contributed by atoms with Gasteiger partial charge in [0.05, 0.1) is 14.2 Å². The van der Waals surface area contributed by atoms with Gasteiger partial charge in [-0.3, -0.25) is 9.59 Å². The molecule has 0 bridgehead atoms. The van der Waals surface area contributed by atoms with Gasteiger partial charge in [0, 0.05) is 0 Å². The van der Waals surface area contributed by atoms with Crippen molar-refractivity contribution in [1.82, 2.24) is 0 Å². The normalized spacial score (nSPS) is 10.1. The molecule has 0 fully saturated rings. The van der Waals surface area contributed by atoms with E-state index in [1.165, 1.54) is 14.2 Å². The second-order valence-corrected chi connectivity index (χ2v) is 3.60. The molecule has 2 radical (unpaired) electrons. The Morgan fingerprint density at radius 1 is 1.18 bits per heavy atom. The molecule has 1 aromatic rings. The zero-order valence-corrected chi connectivity index (χ0v) is 10.0. The van der Waals surface area contributed by atoms with Gasteiger partial charge in [0.1, 0.15) is 7.85 Å². The van der Waals surface area contributed by atoms with Crippen molar-refractivity contribution in [2.75, 3.05) is 14.2 Å². The summed E-state index contributed by atoms with van der Waals surface area (Å²) in [5, 5.41) is 0. The zero-order valence-electron chi connectivity index (χ0n) is 10.0. The Labute approximate surface area is 101 Å². The third-order valence-electron chi connectivity index (χ3n) is 2.50. The second kappa shape index (κ2) is 5.52. The van der Waals surface area contributed by atoms with Crippen LogP contribution in [0.4, 0.5) is 0 Å². The maximum Gasteiger partial charge on any atom is 0.324 e. The Balaban J connectivity index is 3.17. The van der Waals surface area contributed by atoms with E-state index in [1.54, 1.807) is 25.1 Å². The monoisotopic (exact) mass is 232 g/mol. The minimum Gasteiger partial charge on any atom is -0.468 e. The average Bonchev–Trinajstić information content (AvgIpc) is 2.33. The molecule has 0 spiro atoms. The highest BCUT2D eigenvalue weighted by Gasteiger charge is 2.30. The van der Waals surface area contributed by atoms with Gasteiger partial charge in [-0.25, -0.2) is 0 Å². The molecule has 0 saturated carbocycles. The molecule has 0 aliphatic carbocycles. The van der Waals surface area contributed by atoms with Crippen molar-refractivity contribution >= 4 is 25.2 Å². The van der Waals surface area contributed by atoms with Gasteiger partial charge in [0.15, 0.2) is 5.92 Å². The molecule has 0 unspecified atom stereocenters. The van der Waals surface area contributed by atoms with Crippen molar-refractivity contribution in [2.45, 2.75) is 12.8 Å². The summed E-state index contributed by atoms with van der Waals surface area (Å²) in [4.78, 5) is 23.1. The number of aryl methyl sites for hydroxylation is 1. The highest BCUT2D eigenvalue weighted by molar-refractivity contribution is 6.33. The molecule has 0 aromatic heterocycles. The second-order valence-electron chi connectivity index (χ2n) is 3.60. The average molecular weight is 232 g/mol. The Morgan fingerprint density at radius 3 is 2.12 bits per heavy atom. The maximum atomic E-state index is 11.6. The maximum absolute atomic E-state index is 11.6. The van der Waals surface area contributed by atoms with Crippen LogP contribution in [0.15, 0.2) is 18.2 Å². The number of esters is 2. The number of hydrogen-bond acceptors (Lipinski definition) is 4. The lowest BCUT2D eigenvalue weighted by Crippen LogP contribution is -2.25. The lowest BCUT2D eigenvalue weighted by molar-refractivity contribution is -0.154. The van der Waals surface area contributed by atoms with E-state index >= 15 is 0 Å². The number of rotatable bonds is 3. The van der Waals surface area contributed by atoms with Crippen molar-refractivity contribution in [3.05, 3.63) is 29.3 Å². The zero-order chi connectivity index (χ0) is 13.0. The van der Waals surface area contributed by atoms with Gasteiger partial charge in [0.25, 0.3) is 0 Å². The molecular weight excluding hydrogens is 219 g/mol. The van der Waals surface area contributed by atoms with Gasteiger partial charge in [-0.1, -0.05) is 29.2 Å². The molecule has 88 valence electrons. The number of carbonyl (C=O) groups excluding carboxylic acids is 2. The molecule has 0 aliphatic heterocycles. The van der Waals surface area contributed by atoms with Gasteiger partial charge in [-0.2, -0.15) is 0 Å². The molecule has 5 heteroatoms. The van der Waals surface area contributed by atoms with Crippen LogP contribution in [0.1, 0.15) is 17.0 Å². The van der Waals surface area contributed by atoms with E-state index in [1.807, 2.05) is 0 Å². The van der Waals surface area contributed by atoms with E-state index in [4.69, 9.17) is 7.85 Å². The van der Waals surface area contributed by atoms with Crippen molar-refractivity contribution in [2.24, 2.45) is 0 Å². The topological polar surface area (TPSA) is 52.6 Å². The van der Waals surface area contributed by atoms with Gasteiger partial charge < -0.3 is 9.47 Å². The van der Waals surface area contributed by atoms with Crippen molar-refractivity contribution in [1.29, 1.82) is 0 Å². The number of ether oxygens (including phenoxy) is 2. The summed E-state index contributed by atoms with van der Waals surface area (Å²) in [5.74, 6) is -2.37. The van der Waals surface area contributed by atoms with Gasteiger partial charge in [0.2, 0.25) is 0 Å². The van der Waals surface area contributed by atoms with Crippen LogP contribution in [0.3, 0.4) is 0 Å². The van der Waals surface area contributed by atoms with Crippen molar-refractivity contribution in [3.8, 4) is 0 Å². The van der Waals surface area contributed by atoms with Crippen molar-refractivity contribution in [3.63, 3.8) is 0 Å². The highest BCUT2D eigenvalue weighted by atomic mass is 16.5. The molecular formula is C12H13BO4. The number of methoxy groups -OCH3 is 2. The van der Waals surface area contributed by atoms with E-state index < -0.39 is 17.9 Å². The molecule has 0 N–H and O–H groups in total. The molecule has 0 heterocycles. The van der Waals surface area contributed by atoms with Crippen molar-refractivity contribution < 1.29 is 19.1 Å². The first-order valence-corrected chi connectivity index (χ1v) is 5.03. The third-order valence-corrected chi connectivity index (χ3v) is 2.50. The summed E-state index contributed by atoms with van der Waals surface area (Å²) in [6, 6.07) is 4.93. The van der Waals surface area contributed by atoms with Crippen LogP contribution in [-0.4, -0.2) is 34.0 Å². The molecule has 1 aromatic carbocycles. The summed E-state index contributed by atoms with van der Waals surface area (Å²) < 4.78 is 9.18. The molecule has 4 nitrogen and oxygen atoms in total. The number of carbonyl (C=O) groups is 2. The van der Waals surface area contributed by atoms with Crippen LogP contribution in [0, 0.1) is 6.92 Å². The van der Waals surface area contributed by atoms with Gasteiger partial charge in [-0.15, -0.1) is 0 Å². The van der Waals surface area contributed by atoms with Gasteiger partial charge >= 0.3 is 11.9 Å². The fourth-order valence-corrected chi connectivity index (χ4v) is 1.48. The molecule has 0 atom stereocenters. The first-order valence-electron chi connectivity index (χ1n) is 5.03. The van der Waals surface area contributed by atoms with E-state index in [0.29, 0.717) is 11.0 Å². The quantitative estimate of drug-likeness (QED) is 0.425. The molecule has 1 rings (SSSR count). The van der Waals surface area contributed by atoms with Crippen LogP contribution in [0.5, 0.6) is 0 Å². The minimum absolute atomic E-state index is 0.510. The summed E-state index contributed by atoms with van der Waals surface area (Å²) in [6.45, 7) is 1.80. The molecule has 0 saturated heterocycles. The van der Waals surface area contributed by atoms with E-state index in [9.17, 15) is 9.59 Å². The number of hydrogen-bond donors (Lipinski definition) is 0. The first kappa shape index (κ1) is 13.3. The van der Waals surface area contributed by atoms with Crippen LogP contribution >= 0.6 is 0 Å². The van der Waals surface area contributed by atoms with Crippen LogP contribution in [0.25, 0.3) is 0 Å². The Hall–Kier alpha value is -1.78. The Kier molecular flexibility index (Phi) is 4.32. The van der Waals surface area contributed by atoms with Crippen LogP contribution < -0.4 is 5.46 Å². The smallest absolute Gasteiger partial charge is 0.324 e. The highest BCUT2D eigenvalue weighted by Crippen LogP contribution is 2.19.